The van der Waals surface area contributed by atoms with Crippen molar-refractivity contribution in [2.75, 3.05) is 0 Å². The number of unbranched alkanes of at least 4 members (excludes halogenated alkanes) is 4. The molecule has 1 aliphatic carbocycles. The predicted molar refractivity (Wildman–Crippen MR) is 113 cm³/mol. The quantitative estimate of drug-likeness (QED) is 0.352. The number of aliphatic carboxylic acids is 2. The number of rotatable bonds is 14. The van der Waals surface area contributed by atoms with E-state index in [1.807, 2.05) is 12.1 Å². The van der Waals surface area contributed by atoms with Gasteiger partial charge >= 0.3 is 11.9 Å². The third-order valence-corrected chi connectivity index (χ3v) is 6.40. The van der Waals surface area contributed by atoms with Gasteiger partial charge in [0.05, 0.1) is 10.8 Å². The highest BCUT2D eigenvalue weighted by molar-refractivity contribution is 5.77. The Morgan fingerprint density at radius 2 is 1.62 bits per heavy atom. The van der Waals surface area contributed by atoms with Crippen LogP contribution in [0.15, 0.2) is 18.2 Å². The number of hydrogen-bond donors (Lipinski definition) is 3. The van der Waals surface area contributed by atoms with Gasteiger partial charge < -0.3 is 15.3 Å². The summed E-state index contributed by atoms with van der Waals surface area (Å²) in [5.41, 5.74) is 0.983. The number of phenolic OH excluding ortho intramolecular Hbond substituents is 1. The van der Waals surface area contributed by atoms with Crippen LogP contribution in [0.4, 0.5) is 0 Å². The number of carboxylic acid groups (broad SMARTS) is 2. The van der Waals surface area contributed by atoms with Crippen molar-refractivity contribution >= 4 is 11.9 Å². The van der Waals surface area contributed by atoms with Crippen molar-refractivity contribution in [3.05, 3.63) is 29.3 Å². The fourth-order valence-electron chi connectivity index (χ4n) is 3.83. The van der Waals surface area contributed by atoms with Gasteiger partial charge in [-0.05, 0) is 82.4 Å². The smallest absolute Gasteiger partial charge is 0.309 e. The maximum Gasteiger partial charge on any atom is 0.309 e. The van der Waals surface area contributed by atoms with Gasteiger partial charge in [0.15, 0.2) is 0 Å². The number of aromatic hydroxyl groups is 1. The molecule has 0 heterocycles. The van der Waals surface area contributed by atoms with Crippen LogP contribution in [0.5, 0.6) is 5.75 Å². The van der Waals surface area contributed by atoms with E-state index >= 15 is 0 Å². The molecular formula is C24H36O5. The zero-order valence-electron chi connectivity index (χ0n) is 17.9. The van der Waals surface area contributed by atoms with E-state index in [1.54, 1.807) is 13.8 Å². The molecule has 1 aromatic rings. The molecule has 1 aromatic carbocycles. The Morgan fingerprint density at radius 3 is 2.21 bits per heavy atom. The summed E-state index contributed by atoms with van der Waals surface area (Å²) in [4.78, 5) is 22.3. The van der Waals surface area contributed by atoms with Crippen LogP contribution in [0.3, 0.4) is 0 Å². The minimum atomic E-state index is -0.744. The Labute approximate surface area is 174 Å². The van der Waals surface area contributed by atoms with E-state index in [2.05, 4.69) is 6.07 Å². The first-order valence-electron chi connectivity index (χ1n) is 10.9. The minimum Gasteiger partial charge on any atom is -0.508 e. The van der Waals surface area contributed by atoms with Crippen molar-refractivity contribution in [3.8, 4) is 5.75 Å². The van der Waals surface area contributed by atoms with Crippen molar-refractivity contribution in [2.45, 2.75) is 90.9 Å². The van der Waals surface area contributed by atoms with E-state index in [9.17, 15) is 19.8 Å². The minimum absolute atomic E-state index is 0.346. The third-order valence-electron chi connectivity index (χ3n) is 6.40. The fourth-order valence-corrected chi connectivity index (χ4v) is 3.83. The first-order chi connectivity index (χ1) is 13.7. The molecule has 0 amide bonds. The van der Waals surface area contributed by atoms with E-state index < -0.39 is 22.8 Å². The van der Waals surface area contributed by atoms with E-state index in [4.69, 9.17) is 5.11 Å². The number of aryl methyl sites for hydroxylation is 2. The zero-order valence-corrected chi connectivity index (χ0v) is 17.9. The molecular weight excluding hydrogens is 368 g/mol. The van der Waals surface area contributed by atoms with Crippen LogP contribution in [-0.4, -0.2) is 27.3 Å². The number of hydrogen-bond acceptors (Lipinski definition) is 3. The first-order valence-corrected chi connectivity index (χ1v) is 10.9. The molecule has 0 atom stereocenters. The molecule has 0 spiro atoms. The lowest BCUT2D eigenvalue weighted by atomic mass is 9.87. The van der Waals surface area contributed by atoms with Crippen LogP contribution >= 0.6 is 0 Å². The Balaban J connectivity index is 1.64. The molecule has 0 aliphatic heterocycles. The third kappa shape index (κ3) is 7.06. The lowest BCUT2D eigenvalue weighted by Crippen LogP contribution is -2.23. The Morgan fingerprint density at radius 1 is 0.966 bits per heavy atom. The highest BCUT2D eigenvalue weighted by atomic mass is 16.4. The lowest BCUT2D eigenvalue weighted by Gasteiger charge is -2.18. The van der Waals surface area contributed by atoms with Crippen LogP contribution in [-0.2, 0) is 22.4 Å². The lowest BCUT2D eigenvalue weighted by molar-refractivity contribution is -0.147. The molecule has 3 N–H and O–H groups in total. The monoisotopic (exact) mass is 404 g/mol. The molecule has 5 nitrogen and oxygen atoms in total. The summed E-state index contributed by atoms with van der Waals surface area (Å²) in [7, 11) is 0. The number of phenols is 1. The van der Waals surface area contributed by atoms with Crippen LogP contribution in [0, 0.1) is 10.8 Å². The average Bonchev–Trinajstić information content (AvgIpc) is 3.44. The fraction of sp³-hybridized carbons (Fsp3) is 0.667. The summed E-state index contributed by atoms with van der Waals surface area (Å²) < 4.78 is 0. The van der Waals surface area contributed by atoms with E-state index in [1.165, 1.54) is 0 Å². The number of carboxylic acids is 2. The average molecular weight is 405 g/mol. The van der Waals surface area contributed by atoms with Gasteiger partial charge in [0.2, 0.25) is 0 Å². The maximum atomic E-state index is 11.2. The Kier molecular flexibility index (Phi) is 8.12. The first kappa shape index (κ1) is 23.2. The van der Waals surface area contributed by atoms with E-state index in [0.717, 1.165) is 81.8 Å². The van der Waals surface area contributed by atoms with Crippen molar-refractivity contribution in [2.24, 2.45) is 10.8 Å². The summed E-state index contributed by atoms with van der Waals surface area (Å²) in [6, 6.07) is 5.91. The van der Waals surface area contributed by atoms with Gasteiger partial charge in [-0.1, -0.05) is 37.8 Å². The van der Waals surface area contributed by atoms with Gasteiger partial charge in [-0.25, -0.2) is 0 Å². The molecule has 0 unspecified atom stereocenters. The number of carbonyl (C=O) groups is 2. The molecule has 1 saturated carbocycles. The van der Waals surface area contributed by atoms with Crippen LogP contribution in [0.1, 0.15) is 89.2 Å². The molecule has 0 radical (unpaired) electrons. The molecule has 0 aromatic heterocycles. The predicted octanol–water partition coefficient (Wildman–Crippen LogP) is 5.57. The van der Waals surface area contributed by atoms with Gasteiger partial charge in [-0.15, -0.1) is 0 Å². The summed E-state index contributed by atoms with van der Waals surface area (Å²) >= 11 is 0. The topological polar surface area (TPSA) is 94.8 Å². The standard InChI is InChI=1S/C24H36O5/c1-23(2,21(26)27)13-7-3-5-9-18-11-12-19(20(25)17-18)10-6-4-8-14-24(15-16-24)22(28)29/h11-12,17,25H,3-10,13-16H2,1-2H3,(H,26,27)(H,28,29). The highest BCUT2D eigenvalue weighted by Crippen LogP contribution is 2.50. The van der Waals surface area contributed by atoms with E-state index in [0.29, 0.717) is 12.2 Å². The van der Waals surface area contributed by atoms with Crippen molar-refractivity contribution in [1.82, 2.24) is 0 Å². The molecule has 162 valence electrons. The second-order valence-electron chi connectivity index (χ2n) is 9.36. The van der Waals surface area contributed by atoms with Crippen molar-refractivity contribution < 1.29 is 24.9 Å². The van der Waals surface area contributed by atoms with Crippen LogP contribution in [0.2, 0.25) is 0 Å². The normalized spacial score (nSPS) is 15.2. The Bertz CT molecular complexity index is 703. The van der Waals surface area contributed by atoms with Gasteiger partial charge in [0.25, 0.3) is 0 Å². The van der Waals surface area contributed by atoms with Gasteiger partial charge in [0, 0.05) is 0 Å². The van der Waals surface area contributed by atoms with Gasteiger partial charge in [-0.2, -0.15) is 0 Å². The zero-order chi connectivity index (χ0) is 21.5. The molecule has 1 aliphatic rings. The largest absolute Gasteiger partial charge is 0.508 e. The van der Waals surface area contributed by atoms with E-state index in [-0.39, 0.29) is 0 Å². The molecule has 0 bridgehead atoms. The Hall–Kier alpha value is -2.04. The van der Waals surface area contributed by atoms with Gasteiger partial charge in [0.1, 0.15) is 5.75 Å². The molecule has 1 fully saturated rings. The summed E-state index contributed by atoms with van der Waals surface area (Å²) in [5.74, 6) is -1.04. The molecule has 29 heavy (non-hydrogen) atoms. The number of benzene rings is 1. The summed E-state index contributed by atoms with van der Waals surface area (Å²) in [5, 5.41) is 28.6. The maximum absolute atomic E-state index is 11.2. The molecule has 0 saturated heterocycles. The molecule has 5 heteroatoms. The van der Waals surface area contributed by atoms with Crippen LogP contribution < -0.4 is 0 Å². The SMILES string of the molecule is CC(C)(CCCCCc1ccc(CCCCCC2(C(=O)O)CC2)c(O)c1)C(=O)O. The summed E-state index contributed by atoms with van der Waals surface area (Å²) in [6.45, 7) is 3.53. The van der Waals surface area contributed by atoms with Crippen molar-refractivity contribution in [1.29, 1.82) is 0 Å². The summed E-state index contributed by atoms with van der Waals surface area (Å²) in [6.07, 6.45) is 10.5. The second-order valence-corrected chi connectivity index (χ2v) is 9.36. The van der Waals surface area contributed by atoms with Crippen LogP contribution in [0.25, 0.3) is 0 Å². The molecule has 2 rings (SSSR count). The van der Waals surface area contributed by atoms with Crippen molar-refractivity contribution in [3.63, 3.8) is 0 Å². The van der Waals surface area contributed by atoms with Gasteiger partial charge in [-0.3, -0.25) is 9.59 Å². The second kappa shape index (κ2) is 10.1. The highest BCUT2D eigenvalue weighted by Gasteiger charge is 2.49.